The van der Waals surface area contributed by atoms with Gasteiger partial charge in [0, 0.05) is 18.0 Å². The molecule has 0 heterocycles. The molecule has 90 valence electrons. The van der Waals surface area contributed by atoms with Gasteiger partial charge in [0.15, 0.2) is 16.9 Å². The number of carbonyl (C=O) groups is 2. The fraction of sp³-hybridized carbons (Fsp3) is 0.714. The second kappa shape index (κ2) is 9.64. The average molecular weight is 287 g/mol. The van der Waals surface area contributed by atoms with Crippen LogP contribution in [0.3, 0.4) is 0 Å². The van der Waals surface area contributed by atoms with E-state index in [-0.39, 0.29) is 23.3 Å². The highest BCUT2D eigenvalue weighted by Gasteiger charge is 2.10. The molecular formula is C7H9ClO6P2. The van der Waals surface area contributed by atoms with Gasteiger partial charge in [0.1, 0.15) is 5.40 Å². The number of rotatable bonds is 8. The molecule has 0 aromatic heterocycles. The van der Waals surface area contributed by atoms with Crippen molar-refractivity contribution < 1.29 is 28.2 Å². The second-order valence-electron chi connectivity index (χ2n) is 2.60. The molecule has 6 nitrogen and oxygen atoms in total. The number of halogens is 1. The lowest BCUT2D eigenvalue weighted by Gasteiger charge is -2.03. The third-order valence-electron chi connectivity index (χ3n) is 1.48. The molecule has 0 aliphatic heterocycles. The van der Waals surface area contributed by atoms with E-state index < -0.39 is 23.6 Å². The first-order chi connectivity index (χ1) is 7.60. The molecule has 0 unspecified atom stereocenters. The molecule has 0 amide bonds. The fourth-order valence-corrected chi connectivity index (χ4v) is 1.54. The van der Waals surface area contributed by atoms with E-state index in [0.29, 0.717) is 12.8 Å². The predicted octanol–water partition coefficient (Wildman–Crippen LogP) is 2.94. The van der Waals surface area contributed by atoms with E-state index in [0.717, 1.165) is 0 Å². The van der Waals surface area contributed by atoms with Gasteiger partial charge in [0.25, 0.3) is 0 Å². The van der Waals surface area contributed by atoms with Crippen molar-refractivity contribution in [1.29, 1.82) is 0 Å². The highest BCUT2D eigenvalue weighted by Crippen LogP contribution is 2.24. The summed E-state index contributed by atoms with van der Waals surface area (Å²) >= 11 is 4.82. The van der Waals surface area contributed by atoms with Crippen molar-refractivity contribution in [2.24, 2.45) is 0 Å². The highest BCUT2D eigenvalue weighted by molar-refractivity contribution is 7.44. The first kappa shape index (κ1) is 15.4. The first-order valence-electron chi connectivity index (χ1n) is 4.23. The molecule has 0 saturated carbocycles. The van der Waals surface area contributed by atoms with E-state index in [1.807, 2.05) is 0 Å². The lowest BCUT2D eigenvalue weighted by molar-refractivity contribution is -0.151. The summed E-state index contributed by atoms with van der Waals surface area (Å²) in [5, 5.41) is -0.492. The Morgan fingerprint density at radius 2 is 1.81 bits per heavy atom. The molecule has 0 bridgehead atoms. The molecule has 0 fully saturated rings. The van der Waals surface area contributed by atoms with Gasteiger partial charge in [0.05, 0.1) is 0 Å². The molecule has 0 aliphatic carbocycles. The molecule has 0 atom stereocenters. The SMILES string of the molecule is O=PC(CCCC(=O)OCOC(=O)Cl)P=O. The Balaban J connectivity index is 3.53. The smallest absolute Gasteiger partial charge is 0.406 e. The predicted molar refractivity (Wildman–Crippen MR) is 56.1 cm³/mol. The maximum atomic E-state index is 11.0. The minimum Gasteiger partial charge on any atom is -0.428 e. The van der Waals surface area contributed by atoms with Gasteiger partial charge in [-0.05, 0) is 12.8 Å². The number of hydrogen-bond acceptors (Lipinski definition) is 6. The zero-order valence-corrected chi connectivity index (χ0v) is 10.7. The highest BCUT2D eigenvalue weighted by atomic mass is 35.5. The van der Waals surface area contributed by atoms with Crippen molar-refractivity contribution in [2.45, 2.75) is 24.7 Å². The minimum absolute atomic E-state index is 0.0708. The summed E-state index contributed by atoms with van der Waals surface area (Å²) in [7, 11) is -0.434. The van der Waals surface area contributed by atoms with Crippen molar-refractivity contribution in [3.63, 3.8) is 0 Å². The summed E-state index contributed by atoms with van der Waals surface area (Å²) in [6.45, 7) is -0.524. The van der Waals surface area contributed by atoms with Crippen LogP contribution < -0.4 is 0 Å². The molecule has 0 aliphatic rings. The van der Waals surface area contributed by atoms with E-state index in [1.54, 1.807) is 0 Å². The van der Waals surface area contributed by atoms with Gasteiger partial charge >= 0.3 is 11.4 Å². The van der Waals surface area contributed by atoms with Crippen molar-refractivity contribution in [2.75, 3.05) is 6.79 Å². The van der Waals surface area contributed by atoms with Crippen LogP contribution in [0, 0.1) is 0 Å². The minimum atomic E-state index is -1.05. The zero-order valence-electron chi connectivity index (χ0n) is 8.13. The van der Waals surface area contributed by atoms with Crippen LogP contribution in [0.15, 0.2) is 0 Å². The molecule has 0 saturated heterocycles. The summed E-state index contributed by atoms with van der Waals surface area (Å²) in [5.74, 6) is -0.568. The molecule has 0 radical (unpaired) electrons. The molecule has 9 heteroatoms. The summed E-state index contributed by atoms with van der Waals surface area (Å²) in [5.41, 5.74) is -1.05. The van der Waals surface area contributed by atoms with Crippen molar-refractivity contribution >= 4 is 39.9 Å². The maximum Gasteiger partial charge on any atom is 0.406 e. The number of ether oxygens (including phenoxy) is 2. The Hall–Kier alpha value is -0.570. The van der Waals surface area contributed by atoms with E-state index in [4.69, 9.17) is 11.6 Å². The summed E-state index contributed by atoms with van der Waals surface area (Å²) < 4.78 is 29.4. The number of hydrogen-bond donors (Lipinski definition) is 0. The first-order valence-corrected chi connectivity index (χ1v) is 6.37. The maximum absolute atomic E-state index is 11.0. The Bertz CT molecular complexity index is 264. The van der Waals surface area contributed by atoms with Crippen molar-refractivity contribution in [3.8, 4) is 0 Å². The fourth-order valence-electron chi connectivity index (χ4n) is 0.767. The largest absolute Gasteiger partial charge is 0.428 e. The van der Waals surface area contributed by atoms with E-state index in [1.165, 1.54) is 0 Å². The zero-order chi connectivity index (χ0) is 12.4. The molecule has 16 heavy (non-hydrogen) atoms. The quantitative estimate of drug-likeness (QED) is 0.295. The van der Waals surface area contributed by atoms with Gasteiger partial charge in [0.2, 0.25) is 6.79 Å². The lowest BCUT2D eigenvalue weighted by Crippen LogP contribution is -2.09. The van der Waals surface area contributed by atoms with Gasteiger partial charge in [-0.1, -0.05) is 0 Å². The van der Waals surface area contributed by atoms with Crippen LogP contribution in [0.2, 0.25) is 0 Å². The van der Waals surface area contributed by atoms with Crippen LogP contribution in [0.25, 0.3) is 0 Å². The van der Waals surface area contributed by atoms with Crippen LogP contribution in [0.1, 0.15) is 19.3 Å². The third-order valence-corrected chi connectivity index (χ3v) is 3.16. The van der Waals surface area contributed by atoms with Crippen molar-refractivity contribution in [3.05, 3.63) is 0 Å². The van der Waals surface area contributed by atoms with Gasteiger partial charge < -0.3 is 9.47 Å². The Morgan fingerprint density at radius 1 is 1.19 bits per heavy atom. The summed E-state index contributed by atoms with van der Waals surface area (Å²) in [6, 6.07) is 0. The molecular weight excluding hydrogens is 277 g/mol. The van der Waals surface area contributed by atoms with Crippen LogP contribution in [-0.4, -0.2) is 23.6 Å². The van der Waals surface area contributed by atoms with E-state index in [9.17, 15) is 18.7 Å². The molecule has 0 spiro atoms. The van der Waals surface area contributed by atoms with Gasteiger partial charge in [-0.25, -0.2) is 4.79 Å². The van der Waals surface area contributed by atoms with Crippen LogP contribution >= 0.6 is 28.5 Å². The van der Waals surface area contributed by atoms with Gasteiger partial charge in [-0.2, -0.15) is 0 Å². The van der Waals surface area contributed by atoms with E-state index in [2.05, 4.69) is 9.47 Å². The van der Waals surface area contributed by atoms with Crippen LogP contribution in [0.4, 0.5) is 4.79 Å². The number of carbonyl (C=O) groups excluding carboxylic acids is 2. The topological polar surface area (TPSA) is 86.7 Å². The Kier molecular flexibility index (Phi) is 9.30. The molecule has 0 rings (SSSR count). The Labute approximate surface area is 100 Å². The van der Waals surface area contributed by atoms with Crippen molar-refractivity contribution in [1.82, 2.24) is 0 Å². The lowest BCUT2D eigenvalue weighted by atomic mass is 10.2. The third kappa shape index (κ3) is 8.72. The normalized spacial score (nSPS) is 12.3. The number of esters is 1. The molecule has 0 aromatic carbocycles. The van der Waals surface area contributed by atoms with E-state index >= 15 is 0 Å². The van der Waals surface area contributed by atoms with Gasteiger partial charge in [-0.3, -0.25) is 13.9 Å². The monoisotopic (exact) mass is 286 g/mol. The molecule has 0 aromatic rings. The average Bonchev–Trinajstić information content (AvgIpc) is 2.24. The van der Waals surface area contributed by atoms with Crippen LogP contribution in [-0.2, 0) is 23.4 Å². The standard InChI is InChI=1S/C7H9ClO6P2/c8-7(10)14-4-13-5(9)2-1-3-6(15-11)16-12/h6H,1-4H2. The summed E-state index contributed by atoms with van der Waals surface area (Å²) in [4.78, 5) is 21.1. The van der Waals surface area contributed by atoms with Gasteiger partial charge in [-0.15, -0.1) is 0 Å². The Morgan fingerprint density at radius 3 is 2.31 bits per heavy atom. The second-order valence-corrected chi connectivity index (χ2v) is 4.98. The summed E-state index contributed by atoms with van der Waals surface area (Å²) in [6.07, 6.45) is 0.838. The molecule has 0 N–H and O–H groups in total. The van der Waals surface area contributed by atoms with Crippen LogP contribution in [0.5, 0.6) is 0 Å².